The van der Waals surface area contributed by atoms with Crippen LogP contribution in [0.4, 0.5) is 0 Å². The van der Waals surface area contributed by atoms with Gasteiger partial charge in [0.15, 0.2) is 0 Å². The highest BCUT2D eigenvalue weighted by Gasteiger charge is 2.13. The zero-order chi connectivity index (χ0) is 10.2. The molecule has 1 fully saturated rings. The number of likely N-dealkylation sites (N-methyl/N-ethyl adjacent to an activating group) is 2. The Morgan fingerprint density at radius 2 is 2.21 bits per heavy atom. The standard InChI is InChI=1S/C11H24N2O/c1-12-7-9-13(2)8-6-11-5-3-4-10-14-11/h11-12H,3-10H2,1-2H3. The molecule has 3 heteroatoms. The minimum Gasteiger partial charge on any atom is -0.378 e. The third-order valence-corrected chi connectivity index (χ3v) is 2.85. The van der Waals surface area contributed by atoms with Gasteiger partial charge in [0.2, 0.25) is 0 Å². The Morgan fingerprint density at radius 3 is 2.86 bits per heavy atom. The van der Waals surface area contributed by atoms with E-state index in [-0.39, 0.29) is 0 Å². The molecule has 84 valence electrons. The van der Waals surface area contributed by atoms with E-state index in [0.717, 1.165) is 26.2 Å². The topological polar surface area (TPSA) is 24.5 Å². The van der Waals surface area contributed by atoms with Crippen molar-refractivity contribution in [2.24, 2.45) is 0 Å². The Kier molecular flexibility index (Phi) is 6.15. The minimum atomic E-state index is 0.529. The lowest BCUT2D eigenvalue weighted by Crippen LogP contribution is -2.31. The molecule has 0 aromatic carbocycles. The van der Waals surface area contributed by atoms with E-state index in [1.807, 2.05) is 7.05 Å². The minimum absolute atomic E-state index is 0.529. The first-order valence-electron chi connectivity index (χ1n) is 5.77. The number of nitrogens with one attached hydrogen (secondary N) is 1. The lowest BCUT2D eigenvalue weighted by Gasteiger charge is -2.25. The van der Waals surface area contributed by atoms with Crippen LogP contribution in [-0.4, -0.2) is 51.3 Å². The SMILES string of the molecule is CNCCN(C)CCC1CCCCO1. The van der Waals surface area contributed by atoms with Crippen molar-refractivity contribution in [3.05, 3.63) is 0 Å². The van der Waals surface area contributed by atoms with Gasteiger partial charge in [-0.2, -0.15) is 0 Å². The average Bonchev–Trinajstić information content (AvgIpc) is 2.25. The molecule has 1 rings (SSSR count). The Bertz CT molecular complexity index is 135. The van der Waals surface area contributed by atoms with Crippen LogP contribution in [0.15, 0.2) is 0 Å². The van der Waals surface area contributed by atoms with E-state index in [0.29, 0.717) is 6.10 Å². The van der Waals surface area contributed by atoms with Crippen molar-refractivity contribution >= 4 is 0 Å². The molecule has 0 aliphatic carbocycles. The van der Waals surface area contributed by atoms with Gasteiger partial charge in [0.25, 0.3) is 0 Å². The Labute approximate surface area is 87.8 Å². The van der Waals surface area contributed by atoms with Crippen molar-refractivity contribution in [1.29, 1.82) is 0 Å². The molecular formula is C11H24N2O. The van der Waals surface area contributed by atoms with Crippen LogP contribution in [0.5, 0.6) is 0 Å². The molecule has 0 bridgehead atoms. The summed E-state index contributed by atoms with van der Waals surface area (Å²) in [5.74, 6) is 0. The first-order valence-corrected chi connectivity index (χ1v) is 5.77. The summed E-state index contributed by atoms with van der Waals surface area (Å²) in [5, 5.41) is 3.16. The molecule has 0 radical (unpaired) electrons. The second kappa shape index (κ2) is 7.21. The maximum atomic E-state index is 5.69. The fourth-order valence-electron chi connectivity index (χ4n) is 1.81. The number of hydrogen-bond acceptors (Lipinski definition) is 3. The van der Waals surface area contributed by atoms with Gasteiger partial charge in [-0.05, 0) is 39.8 Å². The second-order valence-electron chi connectivity index (χ2n) is 4.18. The first kappa shape index (κ1) is 12.0. The van der Waals surface area contributed by atoms with Gasteiger partial charge in [0.1, 0.15) is 0 Å². The van der Waals surface area contributed by atoms with Crippen LogP contribution in [0.3, 0.4) is 0 Å². The number of ether oxygens (including phenoxy) is 1. The summed E-state index contributed by atoms with van der Waals surface area (Å²) in [6.07, 6.45) is 5.60. The van der Waals surface area contributed by atoms with E-state index in [9.17, 15) is 0 Å². The highest BCUT2D eigenvalue weighted by Crippen LogP contribution is 2.15. The summed E-state index contributed by atoms with van der Waals surface area (Å²) < 4.78 is 5.69. The fraction of sp³-hybridized carbons (Fsp3) is 1.00. The predicted molar refractivity (Wildman–Crippen MR) is 59.6 cm³/mol. The fourth-order valence-corrected chi connectivity index (χ4v) is 1.81. The normalized spacial score (nSPS) is 22.9. The van der Waals surface area contributed by atoms with Gasteiger partial charge in [0.05, 0.1) is 6.10 Å². The van der Waals surface area contributed by atoms with Gasteiger partial charge < -0.3 is 15.0 Å². The number of nitrogens with zero attached hydrogens (tertiary/aromatic N) is 1. The quantitative estimate of drug-likeness (QED) is 0.695. The molecule has 14 heavy (non-hydrogen) atoms. The van der Waals surface area contributed by atoms with Gasteiger partial charge in [-0.25, -0.2) is 0 Å². The van der Waals surface area contributed by atoms with E-state index in [2.05, 4.69) is 17.3 Å². The van der Waals surface area contributed by atoms with Gasteiger partial charge in [0, 0.05) is 26.2 Å². The van der Waals surface area contributed by atoms with E-state index >= 15 is 0 Å². The van der Waals surface area contributed by atoms with Crippen molar-refractivity contribution in [3.63, 3.8) is 0 Å². The third kappa shape index (κ3) is 4.94. The molecule has 1 unspecified atom stereocenters. The smallest absolute Gasteiger partial charge is 0.0587 e. The number of rotatable bonds is 6. The van der Waals surface area contributed by atoms with Crippen LogP contribution >= 0.6 is 0 Å². The monoisotopic (exact) mass is 200 g/mol. The van der Waals surface area contributed by atoms with Crippen molar-refractivity contribution in [2.75, 3.05) is 40.3 Å². The first-order chi connectivity index (χ1) is 6.83. The predicted octanol–water partition coefficient (Wildman–Crippen LogP) is 1.10. The molecule has 1 aliphatic heterocycles. The average molecular weight is 200 g/mol. The zero-order valence-electron chi connectivity index (χ0n) is 9.59. The zero-order valence-corrected chi connectivity index (χ0v) is 9.59. The van der Waals surface area contributed by atoms with Crippen molar-refractivity contribution in [2.45, 2.75) is 31.8 Å². The van der Waals surface area contributed by atoms with E-state index in [1.54, 1.807) is 0 Å². The third-order valence-electron chi connectivity index (χ3n) is 2.85. The van der Waals surface area contributed by atoms with E-state index in [4.69, 9.17) is 4.74 Å². The molecule has 0 spiro atoms. The summed E-state index contributed by atoms with van der Waals surface area (Å²) in [7, 11) is 4.18. The molecule has 1 heterocycles. The van der Waals surface area contributed by atoms with Crippen LogP contribution in [0.1, 0.15) is 25.7 Å². The largest absolute Gasteiger partial charge is 0.378 e. The van der Waals surface area contributed by atoms with Crippen LogP contribution in [0, 0.1) is 0 Å². The molecule has 1 aliphatic rings. The Hall–Kier alpha value is -0.120. The van der Waals surface area contributed by atoms with Crippen molar-refractivity contribution < 1.29 is 4.74 Å². The van der Waals surface area contributed by atoms with Gasteiger partial charge in [-0.3, -0.25) is 0 Å². The molecule has 3 nitrogen and oxygen atoms in total. The maximum absolute atomic E-state index is 5.69. The lowest BCUT2D eigenvalue weighted by atomic mass is 10.1. The molecular weight excluding hydrogens is 176 g/mol. The highest BCUT2D eigenvalue weighted by atomic mass is 16.5. The lowest BCUT2D eigenvalue weighted by molar-refractivity contribution is 0.00682. The van der Waals surface area contributed by atoms with Crippen LogP contribution in [0.25, 0.3) is 0 Å². The van der Waals surface area contributed by atoms with E-state index < -0.39 is 0 Å². The highest BCUT2D eigenvalue weighted by molar-refractivity contribution is 4.65. The molecule has 1 atom stereocenters. The summed E-state index contributed by atoms with van der Waals surface area (Å²) in [5.41, 5.74) is 0. The van der Waals surface area contributed by atoms with Crippen LogP contribution < -0.4 is 5.32 Å². The molecule has 1 saturated heterocycles. The summed E-state index contributed by atoms with van der Waals surface area (Å²) >= 11 is 0. The molecule has 0 aromatic rings. The maximum Gasteiger partial charge on any atom is 0.0587 e. The molecule has 0 saturated carbocycles. The summed E-state index contributed by atoms with van der Waals surface area (Å²) in [4.78, 5) is 2.37. The van der Waals surface area contributed by atoms with Crippen molar-refractivity contribution in [1.82, 2.24) is 10.2 Å². The molecule has 0 amide bonds. The van der Waals surface area contributed by atoms with Gasteiger partial charge >= 0.3 is 0 Å². The molecule has 1 N–H and O–H groups in total. The van der Waals surface area contributed by atoms with Crippen molar-refractivity contribution in [3.8, 4) is 0 Å². The van der Waals surface area contributed by atoms with Crippen LogP contribution in [-0.2, 0) is 4.74 Å². The Morgan fingerprint density at radius 1 is 1.36 bits per heavy atom. The van der Waals surface area contributed by atoms with Gasteiger partial charge in [-0.15, -0.1) is 0 Å². The Balaban J connectivity index is 2.00. The van der Waals surface area contributed by atoms with E-state index in [1.165, 1.54) is 25.7 Å². The molecule has 0 aromatic heterocycles. The van der Waals surface area contributed by atoms with Crippen LogP contribution in [0.2, 0.25) is 0 Å². The summed E-state index contributed by atoms with van der Waals surface area (Å²) in [6.45, 7) is 4.34. The number of hydrogen-bond donors (Lipinski definition) is 1. The summed E-state index contributed by atoms with van der Waals surface area (Å²) in [6, 6.07) is 0. The van der Waals surface area contributed by atoms with Gasteiger partial charge in [-0.1, -0.05) is 0 Å². The second-order valence-corrected chi connectivity index (χ2v) is 4.18.